The normalized spacial score (nSPS) is 11.7. The highest BCUT2D eigenvalue weighted by atomic mass is 127. The van der Waals surface area contributed by atoms with Gasteiger partial charge in [-0.05, 0) is 58.0 Å². The molecule has 1 nitrogen and oxygen atoms in total. The Hall–Kier alpha value is -0.290. The Morgan fingerprint density at radius 1 is 1.00 bits per heavy atom. The maximum absolute atomic E-state index is 6.19. The molecule has 0 aliphatic rings. The maximum Gasteiger partial charge on any atom is 0.0552 e. The number of benzene rings is 2. The van der Waals surface area contributed by atoms with Crippen molar-refractivity contribution in [2.75, 3.05) is 0 Å². The van der Waals surface area contributed by atoms with E-state index in [4.69, 9.17) is 17.3 Å². The zero-order valence-corrected chi connectivity index (χ0v) is 12.7. The van der Waals surface area contributed by atoms with Crippen molar-refractivity contribution in [2.45, 2.75) is 6.04 Å². The molecule has 0 saturated heterocycles. The summed E-state index contributed by atoms with van der Waals surface area (Å²) in [6.07, 6.45) is 0. The summed E-state index contributed by atoms with van der Waals surface area (Å²) in [6.45, 7) is 0. The first kappa shape index (κ1) is 14.8. The number of halogens is 3. The average Bonchev–Trinajstić information content (AvgIpc) is 2.29. The van der Waals surface area contributed by atoms with Gasteiger partial charge >= 0.3 is 0 Å². The summed E-state index contributed by atoms with van der Waals surface area (Å²) < 4.78 is 1.19. The zero-order valence-electron chi connectivity index (χ0n) is 8.94. The average molecular weight is 380 g/mol. The molecule has 0 heterocycles. The molecule has 90 valence electrons. The van der Waals surface area contributed by atoms with Crippen LogP contribution in [0.15, 0.2) is 48.5 Å². The standard InChI is InChI=1S/C13H11ClIN.ClH/c14-11-6-4-9(5-7-11)13(16)10-2-1-3-12(15)8-10;/h1-8,13H,16H2;1H. The largest absolute Gasteiger partial charge is 0.320 e. The number of hydrogen-bond acceptors (Lipinski definition) is 1. The number of rotatable bonds is 2. The Balaban J connectivity index is 0.00000144. The molecule has 4 heteroatoms. The third kappa shape index (κ3) is 3.85. The lowest BCUT2D eigenvalue weighted by Gasteiger charge is -2.12. The van der Waals surface area contributed by atoms with E-state index in [9.17, 15) is 0 Å². The first-order valence-corrected chi connectivity index (χ1v) is 6.39. The number of nitrogens with two attached hydrogens (primary N) is 1. The van der Waals surface area contributed by atoms with Crippen LogP contribution in [0.4, 0.5) is 0 Å². The van der Waals surface area contributed by atoms with E-state index in [0.29, 0.717) is 0 Å². The molecule has 0 amide bonds. The molecule has 2 N–H and O–H groups in total. The molecule has 0 radical (unpaired) electrons. The highest BCUT2D eigenvalue weighted by Crippen LogP contribution is 2.22. The highest BCUT2D eigenvalue weighted by Gasteiger charge is 2.08. The Bertz CT molecular complexity index is 485. The Kier molecular flexibility index (Phi) is 5.73. The molecule has 2 rings (SSSR count). The summed E-state index contributed by atoms with van der Waals surface area (Å²) in [5.74, 6) is 0. The van der Waals surface area contributed by atoms with Gasteiger partial charge in [-0.3, -0.25) is 0 Å². The second kappa shape index (κ2) is 6.59. The summed E-state index contributed by atoms with van der Waals surface area (Å²) in [4.78, 5) is 0. The highest BCUT2D eigenvalue weighted by molar-refractivity contribution is 14.1. The van der Waals surface area contributed by atoms with Crippen LogP contribution in [0, 0.1) is 3.57 Å². The van der Waals surface area contributed by atoms with Crippen molar-refractivity contribution in [1.82, 2.24) is 0 Å². The second-order valence-corrected chi connectivity index (χ2v) is 5.27. The molecule has 1 atom stereocenters. The monoisotopic (exact) mass is 379 g/mol. The van der Waals surface area contributed by atoms with Crippen molar-refractivity contribution in [3.8, 4) is 0 Å². The summed E-state index contributed by atoms with van der Waals surface area (Å²) in [5.41, 5.74) is 8.38. The summed E-state index contributed by atoms with van der Waals surface area (Å²) >= 11 is 8.13. The Labute approximate surface area is 126 Å². The van der Waals surface area contributed by atoms with E-state index in [2.05, 4.69) is 34.7 Å². The Morgan fingerprint density at radius 3 is 2.24 bits per heavy atom. The van der Waals surface area contributed by atoms with Crippen LogP contribution < -0.4 is 5.73 Å². The first-order chi connectivity index (χ1) is 7.66. The van der Waals surface area contributed by atoms with Gasteiger partial charge in [0.2, 0.25) is 0 Å². The third-order valence-electron chi connectivity index (χ3n) is 2.44. The second-order valence-electron chi connectivity index (χ2n) is 3.58. The van der Waals surface area contributed by atoms with Crippen LogP contribution in [0.3, 0.4) is 0 Å². The molecule has 0 saturated carbocycles. The van der Waals surface area contributed by atoms with Crippen molar-refractivity contribution in [3.05, 3.63) is 68.3 Å². The van der Waals surface area contributed by atoms with E-state index in [0.717, 1.165) is 16.1 Å². The van der Waals surface area contributed by atoms with Gasteiger partial charge in [-0.1, -0.05) is 35.9 Å². The maximum atomic E-state index is 6.19. The van der Waals surface area contributed by atoms with Crippen LogP contribution >= 0.6 is 46.6 Å². The van der Waals surface area contributed by atoms with Gasteiger partial charge in [0.05, 0.1) is 6.04 Å². The van der Waals surface area contributed by atoms with Crippen LogP contribution in [-0.2, 0) is 0 Å². The van der Waals surface area contributed by atoms with Gasteiger partial charge in [0.15, 0.2) is 0 Å². The van der Waals surface area contributed by atoms with Crippen molar-refractivity contribution < 1.29 is 0 Å². The SMILES string of the molecule is Cl.NC(c1ccc(Cl)cc1)c1cccc(I)c1. The lowest BCUT2D eigenvalue weighted by molar-refractivity contribution is 0.870. The minimum Gasteiger partial charge on any atom is -0.320 e. The minimum absolute atomic E-state index is 0. The van der Waals surface area contributed by atoms with E-state index in [1.54, 1.807) is 0 Å². The lowest BCUT2D eigenvalue weighted by atomic mass is 10.00. The quantitative estimate of drug-likeness (QED) is 0.768. The molecule has 0 spiro atoms. The van der Waals surface area contributed by atoms with E-state index in [1.807, 2.05) is 36.4 Å². The van der Waals surface area contributed by atoms with Gasteiger partial charge in [0, 0.05) is 8.59 Å². The third-order valence-corrected chi connectivity index (χ3v) is 3.36. The zero-order chi connectivity index (χ0) is 11.5. The van der Waals surface area contributed by atoms with Gasteiger partial charge in [0.25, 0.3) is 0 Å². The predicted molar refractivity (Wildman–Crippen MR) is 83.9 cm³/mol. The summed E-state index contributed by atoms with van der Waals surface area (Å²) in [7, 11) is 0. The lowest BCUT2D eigenvalue weighted by Crippen LogP contribution is -2.11. The molecule has 2 aromatic carbocycles. The molecule has 0 bridgehead atoms. The van der Waals surface area contributed by atoms with E-state index in [1.165, 1.54) is 3.57 Å². The predicted octanol–water partition coefficient (Wildman–Crippen LogP) is 4.41. The molecular weight excluding hydrogens is 368 g/mol. The van der Waals surface area contributed by atoms with Crippen LogP contribution in [0.1, 0.15) is 17.2 Å². The Morgan fingerprint density at radius 2 is 1.65 bits per heavy atom. The van der Waals surface area contributed by atoms with Crippen molar-refractivity contribution in [2.24, 2.45) is 5.73 Å². The first-order valence-electron chi connectivity index (χ1n) is 4.93. The van der Waals surface area contributed by atoms with E-state index in [-0.39, 0.29) is 18.4 Å². The molecule has 0 aliphatic carbocycles. The fraction of sp³-hybridized carbons (Fsp3) is 0.0769. The van der Waals surface area contributed by atoms with E-state index >= 15 is 0 Å². The molecule has 0 aliphatic heterocycles. The van der Waals surface area contributed by atoms with E-state index < -0.39 is 0 Å². The smallest absolute Gasteiger partial charge is 0.0552 e. The molecular formula is C13H12Cl2IN. The van der Waals surface area contributed by atoms with Crippen molar-refractivity contribution in [1.29, 1.82) is 0 Å². The minimum atomic E-state index is -0.0908. The van der Waals surface area contributed by atoms with Crippen LogP contribution in [0.25, 0.3) is 0 Å². The summed E-state index contributed by atoms with van der Waals surface area (Å²) in [5, 5.41) is 0.735. The van der Waals surface area contributed by atoms with Crippen LogP contribution in [0.5, 0.6) is 0 Å². The van der Waals surface area contributed by atoms with Gasteiger partial charge in [-0.25, -0.2) is 0 Å². The fourth-order valence-corrected chi connectivity index (χ4v) is 2.26. The van der Waals surface area contributed by atoms with Crippen LogP contribution in [0.2, 0.25) is 5.02 Å². The molecule has 0 fully saturated rings. The van der Waals surface area contributed by atoms with Gasteiger partial charge < -0.3 is 5.73 Å². The molecule has 17 heavy (non-hydrogen) atoms. The summed E-state index contributed by atoms with van der Waals surface area (Å²) in [6, 6.07) is 15.8. The van der Waals surface area contributed by atoms with Gasteiger partial charge in [0.1, 0.15) is 0 Å². The van der Waals surface area contributed by atoms with Crippen molar-refractivity contribution >= 4 is 46.6 Å². The molecule has 0 aromatic heterocycles. The van der Waals surface area contributed by atoms with Crippen molar-refractivity contribution in [3.63, 3.8) is 0 Å². The van der Waals surface area contributed by atoms with Gasteiger partial charge in [-0.15, -0.1) is 12.4 Å². The fourth-order valence-electron chi connectivity index (χ4n) is 1.56. The topological polar surface area (TPSA) is 26.0 Å². The molecule has 1 unspecified atom stereocenters. The number of hydrogen-bond donors (Lipinski definition) is 1. The van der Waals surface area contributed by atoms with Crippen LogP contribution in [-0.4, -0.2) is 0 Å². The van der Waals surface area contributed by atoms with Gasteiger partial charge in [-0.2, -0.15) is 0 Å². The molecule has 2 aromatic rings.